The number of rotatable bonds is 3. The van der Waals surface area contributed by atoms with Gasteiger partial charge in [0.2, 0.25) is 0 Å². The van der Waals surface area contributed by atoms with Gasteiger partial charge in [-0.25, -0.2) is 4.39 Å². The third-order valence-corrected chi connectivity index (χ3v) is 2.45. The fourth-order valence-corrected chi connectivity index (χ4v) is 1.61. The van der Waals surface area contributed by atoms with Crippen molar-refractivity contribution >= 4 is 5.69 Å². The Morgan fingerprint density at radius 2 is 2.24 bits per heavy atom. The van der Waals surface area contributed by atoms with Gasteiger partial charge < -0.3 is 9.32 Å². The van der Waals surface area contributed by atoms with E-state index in [9.17, 15) is 4.39 Å². The van der Waals surface area contributed by atoms with Crippen molar-refractivity contribution in [1.82, 2.24) is 0 Å². The number of hydrogen-bond donors (Lipinski definition) is 0. The summed E-state index contributed by atoms with van der Waals surface area (Å²) in [4.78, 5) is 1.86. The second-order valence-corrected chi connectivity index (χ2v) is 3.80. The topological polar surface area (TPSA) is 40.2 Å². The molecule has 0 aliphatic rings. The van der Waals surface area contributed by atoms with Gasteiger partial charge in [0.1, 0.15) is 5.82 Å². The molecule has 3 nitrogen and oxygen atoms in total. The molecule has 0 amide bonds. The summed E-state index contributed by atoms with van der Waals surface area (Å²) in [5, 5.41) is 8.77. The zero-order valence-corrected chi connectivity index (χ0v) is 9.35. The van der Waals surface area contributed by atoms with Gasteiger partial charge in [0.15, 0.2) is 0 Å². The van der Waals surface area contributed by atoms with Crippen molar-refractivity contribution in [2.45, 2.75) is 6.54 Å². The molecule has 0 spiro atoms. The molecule has 0 N–H and O–H groups in total. The molecule has 0 saturated heterocycles. The molecule has 2 aromatic rings. The Kier molecular flexibility index (Phi) is 3.10. The van der Waals surface area contributed by atoms with Gasteiger partial charge in [-0.05, 0) is 24.3 Å². The van der Waals surface area contributed by atoms with E-state index in [0.29, 0.717) is 17.8 Å². The highest BCUT2D eigenvalue weighted by Gasteiger charge is 2.06. The molecule has 0 saturated carbocycles. The maximum atomic E-state index is 13.3. The fraction of sp³-hybridized carbons (Fsp3) is 0.154. The van der Waals surface area contributed by atoms with Crippen LogP contribution < -0.4 is 4.90 Å². The minimum absolute atomic E-state index is 0.319. The van der Waals surface area contributed by atoms with Crippen LogP contribution in [0.3, 0.4) is 0 Å². The van der Waals surface area contributed by atoms with Crippen molar-refractivity contribution in [2.75, 3.05) is 11.9 Å². The van der Waals surface area contributed by atoms with E-state index in [1.165, 1.54) is 12.1 Å². The maximum absolute atomic E-state index is 13.3. The van der Waals surface area contributed by atoms with E-state index in [4.69, 9.17) is 9.68 Å². The molecule has 86 valence electrons. The van der Waals surface area contributed by atoms with Crippen LogP contribution in [-0.4, -0.2) is 7.05 Å². The zero-order valence-electron chi connectivity index (χ0n) is 9.35. The summed E-state index contributed by atoms with van der Waals surface area (Å²) in [6.45, 7) is 0.602. The number of furan rings is 1. The second kappa shape index (κ2) is 4.71. The second-order valence-electron chi connectivity index (χ2n) is 3.80. The normalized spacial score (nSPS) is 9.94. The number of halogens is 1. The van der Waals surface area contributed by atoms with Gasteiger partial charge in [0, 0.05) is 24.8 Å². The highest BCUT2D eigenvalue weighted by molar-refractivity contribution is 5.51. The zero-order chi connectivity index (χ0) is 12.3. The average Bonchev–Trinajstić information content (AvgIpc) is 2.81. The molecule has 1 aromatic carbocycles. The summed E-state index contributed by atoms with van der Waals surface area (Å²) in [7, 11) is 1.84. The van der Waals surface area contributed by atoms with Crippen molar-refractivity contribution < 1.29 is 8.81 Å². The summed E-state index contributed by atoms with van der Waals surface area (Å²) < 4.78 is 18.2. The molecule has 0 aliphatic carbocycles. The Labute approximate surface area is 98.7 Å². The van der Waals surface area contributed by atoms with E-state index < -0.39 is 5.82 Å². The lowest BCUT2D eigenvalue weighted by Crippen LogP contribution is -2.16. The van der Waals surface area contributed by atoms with Crippen LogP contribution in [0, 0.1) is 17.1 Å². The van der Waals surface area contributed by atoms with Crippen LogP contribution in [0.4, 0.5) is 10.1 Å². The van der Waals surface area contributed by atoms with Gasteiger partial charge in [0.25, 0.3) is 0 Å². The van der Waals surface area contributed by atoms with Gasteiger partial charge >= 0.3 is 0 Å². The van der Waals surface area contributed by atoms with Crippen LogP contribution in [0.2, 0.25) is 0 Å². The van der Waals surface area contributed by atoms with E-state index >= 15 is 0 Å². The predicted molar refractivity (Wildman–Crippen MR) is 61.9 cm³/mol. The Morgan fingerprint density at radius 1 is 1.41 bits per heavy atom. The summed E-state index contributed by atoms with van der Waals surface area (Å²) in [6, 6.07) is 8.06. The van der Waals surface area contributed by atoms with Gasteiger partial charge in [0.05, 0.1) is 24.2 Å². The lowest BCUT2D eigenvalue weighted by atomic mass is 10.2. The Hall–Kier alpha value is -2.28. The number of nitrogens with zero attached hydrogens (tertiary/aromatic N) is 2. The molecule has 1 aromatic heterocycles. The largest absolute Gasteiger partial charge is 0.472 e. The molecule has 0 unspecified atom stereocenters. The molecular formula is C13H11FN2O. The van der Waals surface area contributed by atoms with E-state index in [1.54, 1.807) is 18.6 Å². The molecule has 0 atom stereocenters. The molecule has 4 heteroatoms. The molecule has 0 fully saturated rings. The third-order valence-electron chi connectivity index (χ3n) is 2.45. The number of anilines is 1. The van der Waals surface area contributed by atoms with Crippen molar-refractivity contribution in [2.24, 2.45) is 0 Å². The van der Waals surface area contributed by atoms with Crippen molar-refractivity contribution in [1.29, 1.82) is 5.26 Å². The van der Waals surface area contributed by atoms with Crippen LogP contribution in [-0.2, 0) is 6.54 Å². The molecule has 17 heavy (non-hydrogen) atoms. The predicted octanol–water partition coefficient (Wildman–Crippen LogP) is 2.93. The molecule has 1 heterocycles. The average molecular weight is 230 g/mol. The summed E-state index contributed by atoms with van der Waals surface area (Å²) in [5.74, 6) is -0.405. The molecule has 0 aliphatic heterocycles. The van der Waals surface area contributed by atoms with Gasteiger partial charge in [-0.1, -0.05) is 0 Å². The van der Waals surface area contributed by atoms with Gasteiger partial charge in [-0.2, -0.15) is 5.26 Å². The number of benzene rings is 1. The Bertz CT molecular complexity index is 543. The van der Waals surface area contributed by atoms with E-state index in [0.717, 1.165) is 5.56 Å². The summed E-state index contributed by atoms with van der Waals surface area (Å²) in [6.07, 6.45) is 3.23. The Morgan fingerprint density at radius 3 is 2.88 bits per heavy atom. The maximum Gasteiger partial charge on any atom is 0.126 e. The van der Waals surface area contributed by atoms with Crippen LogP contribution >= 0.6 is 0 Å². The van der Waals surface area contributed by atoms with Crippen molar-refractivity contribution in [3.8, 4) is 6.07 Å². The SMILES string of the molecule is CN(Cc1ccoc1)c1cc(F)cc(C#N)c1. The minimum Gasteiger partial charge on any atom is -0.472 e. The smallest absolute Gasteiger partial charge is 0.126 e. The first-order valence-corrected chi connectivity index (χ1v) is 5.12. The minimum atomic E-state index is -0.405. The number of nitriles is 1. The highest BCUT2D eigenvalue weighted by Crippen LogP contribution is 2.19. The number of hydrogen-bond acceptors (Lipinski definition) is 3. The summed E-state index contributed by atoms with van der Waals surface area (Å²) >= 11 is 0. The molecule has 0 bridgehead atoms. The third kappa shape index (κ3) is 2.64. The van der Waals surface area contributed by atoms with E-state index in [-0.39, 0.29) is 0 Å². The van der Waals surface area contributed by atoms with Crippen molar-refractivity contribution in [3.63, 3.8) is 0 Å². The standard InChI is InChI=1S/C13H11FN2O/c1-16(8-10-2-3-17-9-10)13-5-11(7-15)4-12(14)6-13/h2-6,9H,8H2,1H3. The van der Waals surface area contributed by atoms with Crippen LogP contribution in [0.1, 0.15) is 11.1 Å². The summed E-state index contributed by atoms with van der Waals surface area (Å²) in [5.41, 5.74) is 1.98. The van der Waals surface area contributed by atoms with Crippen molar-refractivity contribution in [3.05, 3.63) is 53.7 Å². The quantitative estimate of drug-likeness (QED) is 0.813. The first-order valence-electron chi connectivity index (χ1n) is 5.12. The highest BCUT2D eigenvalue weighted by atomic mass is 19.1. The van der Waals surface area contributed by atoms with Crippen LogP contribution in [0.5, 0.6) is 0 Å². The first kappa shape index (κ1) is 11.2. The molecular weight excluding hydrogens is 219 g/mol. The van der Waals surface area contributed by atoms with E-state index in [2.05, 4.69) is 0 Å². The monoisotopic (exact) mass is 230 g/mol. The lowest BCUT2D eigenvalue weighted by molar-refractivity contribution is 0.563. The van der Waals surface area contributed by atoms with Crippen LogP contribution in [0.25, 0.3) is 0 Å². The van der Waals surface area contributed by atoms with Crippen LogP contribution in [0.15, 0.2) is 41.2 Å². The van der Waals surface area contributed by atoms with Gasteiger partial charge in [-0.15, -0.1) is 0 Å². The lowest BCUT2D eigenvalue weighted by Gasteiger charge is -2.18. The molecule has 0 radical (unpaired) electrons. The van der Waals surface area contributed by atoms with Gasteiger partial charge in [-0.3, -0.25) is 0 Å². The first-order chi connectivity index (χ1) is 8.19. The fourth-order valence-electron chi connectivity index (χ4n) is 1.61. The Balaban J connectivity index is 2.22. The van der Waals surface area contributed by atoms with E-state index in [1.807, 2.05) is 24.1 Å². The molecule has 2 rings (SSSR count).